The largest absolute Gasteiger partial charge is 0.473 e. The van der Waals surface area contributed by atoms with Crippen LogP contribution in [0.4, 0.5) is 0 Å². The summed E-state index contributed by atoms with van der Waals surface area (Å²) in [5, 5.41) is 18.3. The highest BCUT2D eigenvalue weighted by atomic mass is 16.4. The lowest BCUT2D eigenvalue weighted by Gasteiger charge is -2.12. The maximum absolute atomic E-state index is 9.10. The first-order valence-corrected chi connectivity index (χ1v) is 5.78. The van der Waals surface area contributed by atoms with Crippen molar-refractivity contribution in [2.75, 3.05) is 13.1 Å². The molecular weight excluding hydrogens is 226 g/mol. The smallest absolute Gasteiger partial charge is 0.414 e. The van der Waals surface area contributed by atoms with Crippen LogP contribution in [-0.2, 0) is 9.59 Å². The molecule has 2 atom stereocenters. The van der Waals surface area contributed by atoms with Crippen molar-refractivity contribution in [3.8, 4) is 0 Å². The fourth-order valence-corrected chi connectivity index (χ4v) is 2.45. The van der Waals surface area contributed by atoms with Crippen LogP contribution < -0.4 is 5.32 Å². The zero-order valence-corrected chi connectivity index (χ0v) is 9.82. The molecule has 6 heteroatoms. The van der Waals surface area contributed by atoms with Crippen LogP contribution in [0.3, 0.4) is 0 Å². The average Bonchev–Trinajstić information content (AvgIpc) is 2.56. The number of carboxylic acids is 2. The van der Waals surface area contributed by atoms with Gasteiger partial charge >= 0.3 is 11.9 Å². The van der Waals surface area contributed by atoms with Crippen LogP contribution in [-0.4, -0.2) is 40.7 Å². The third kappa shape index (κ3) is 5.65. The number of carbonyl (C=O) groups is 2. The van der Waals surface area contributed by atoms with Gasteiger partial charge in [0, 0.05) is 0 Å². The minimum Gasteiger partial charge on any atom is -0.473 e. The van der Waals surface area contributed by atoms with Crippen LogP contribution in [0.2, 0.25) is 0 Å². The zero-order valence-electron chi connectivity index (χ0n) is 9.82. The van der Waals surface area contributed by atoms with Gasteiger partial charge in [0.05, 0.1) is 0 Å². The van der Waals surface area contributed by atoms with Crippen molar-refractivity contribution in [2.24, 2.45) is 11.8 Å². The zero-order chi connectivity index (χ0) is 12.0. The van der Waals surface area contributed by atoms with E-state index in [9.17, 15) is 0 Å². The molecule has 0 aromatic heterocycles. The second kappa shape index (κ2) is 8.03. The molecule has 2 aliphatic rings. The first-order valence-electron chi connectivity index (χ1n) is 5.78. The summed E-state index contributed by atoms with van der Waals surface area (Å²) < 4.78 is 0. The van der Waals surface area contributed by atoms with Crippen molar-refractivity contribution in [1.29, 1.82) is 0 Å². The molecule has 0 aromatic carbocycles. The molecule has 17 heavy (non-hydrogen) atoms. The molecule has 2 fully saturated rings. The molecule has 6 nitrogen and oxygen atoms in total. The lowest BCUT2D eigenvalue weighted by molar-refractivity contribution is -0.159. The average molecular weight is 247 g/mol. The number of hydrogen-bond donors (Lipinski definition) is 3. The third-order valence-electron chi connectivity index (χ3n) is 3.31. The van der Waals surface area contributed by atoms with Crippen LogP contribution in [0, 0.1) is 11.8 Å². The number of rotatable bonds is 0. The van der Waals surface area contributed by atoms with Gasteiger partial charge in [-0.2, -0.15) is 0 Å². The Labute approximate surface area is 100 Å². The molecule has 5 N–H and O–H groups in total. The van der Waals surface area contributed by atoms with Gasteiger partial charge in [-0.15, -0.1) is 0 Å². The standard InChI is InChI=1S/C9H17N.C2H2O4.H2O/c1-2-4-8-6-10-7-9(8)5-3-1;3-1(4)2(5)6;/h8-10H,1-7H2;(H,3,4)(H,5,6);1H2/t8-,9?;;/m0../s1. The Morgan fingerprint density at radius 2 is 1.29 bits per heavy atom. The van der Waals surface area contributed by atoms with Gasteiger partial charge in [-0.1, -0.05) is 19.3 Å². The highest BCUT2D eigenvalue weighted by molar-refractivity contribution is 6.27. The minimum atomic E-state index is -1.82. The van der Waals surface area contributed by atoms with Crippen LogP contribution in [0.5, 0.6) is 0 Å². The molecule has 1 heterocycles. The van der Waals surface area contributed by atoms with E-state index < -0.39 is 11.9 Å². The molecule has 0 amide bonds. The van der Waals surface area contributed by atoms with E-state index in [0.717, 1.165) is 11.8 Å². The fraction of sp³-hybridized carbons (Fsp3) is 0.818. The van der Waals surface area contributed by atoms with Crippen molar-refractivity contribution in [3.05, 3.63) is 0 Å². The lowest BCUT2D eigenvalue weighted by atomic mass is 9.92. The highest BCUT2D eigenvalue weighted by Crippen LogP contribution is 2.30. The van der Waals surface area contributed by atoms with Gasteiger partial charge in [0.2, 0.25) is 0 Å². The lowest BCUT2D eigenvalue weighted by Crippen LogP contribution is -2.09. The van der Waals surface area contributed by atoms with E-state index in [-0.39, 0.29) is 5.48 Å². The van der Waals surface area contributed by atoms with E-state index in [2.05, 4.69) is 5.32 Å². The number of nitrogens with one attached hydrogen (secondary N) is 1. The Balaban J connectivity index is 0.000000324. The van der Waals surface area contributed by atoms with E-state index in [1.807, 2.05) is 0 Å². The van der Waals surface area contributed by atoms with Gasteiger partial charge in [0.15, 0.2) is 0 Å². The Morgan fingerprint density at radius 1 is 0.882 bits per heavy atom. The first kappa shape index (κ1) is 15.9. The molecule has 1 unspecified atom stereocenters. The quantitative estimate of drug-likeness (QED) is 0.525. The van der Waals surface area contributed by atoms with Crippen molar-refractivity contribution >= 4 is 11.9 Å². The monoisotopic (exact) mass is 247 g/mol. The summed E-state index contributed by atoms with van der Waals surface area (Å²) >= 11 is 0. The molecule has 1 saturated heterocycles. The van der Waals surface area contributed by atoms with Crippen LogP contribution in [0.25, 0.3) is 0 Å². The number of fused-ring (bicyclic) bond motifs is 1. The molecule has 1 aliphatic carbocycles. The van der Waals surface area contributed by atoms with Crippen molar-refractivity contribution in [3.63, 3.8) is 0 Å². The SMILES string of the molecule is C1CCC2CNC[C@@H]2CC1.O.O=C(O)C(=O)O. The number of aliphatic carboxylic acids is 2. The molecule has 0 radical (unpaired) electrons. The van der Waals surface area contributed by atoms with Crippen molar-refractivity contribution in [2.45, 2.75) is 32.1 Å². The van der Waals surface area contributed by atoms with E-state index >= 15 is 0 Å². The number of carboxylic acid groups (broad SMARTS) is 2. The van der Waals surface area contributed by atoms with Gasteiger partial charge in [-0.25, -0.2) is 9.59 Å². The van der Waals surface area contributed by atoms with Crippen LogP contribution >= 0.6 is 0 Å². The second-order valence-electron chi connectivity index (χ2n) is 4.43. The van der Waals surface area contributed by atoms with Gasteiger partial charge in [-0.3, -0.25) is 0 Å². The third-order valence-corrected chi connectivity index (χ3v) is 3.31. The molecule has 100 valence electrons. The predicted octanol–water partition coefficient (Wildman–Crippen LogP) is 0.117. The summed E-state index contributed by atoms with van der Waals surface area (Å²) in [6, 6.07) is 0. The molecule has 0 spiro atoms. The van der Waals surface area contributed by atoms with Gasteiger partial charge in [0.25, 0.3) is 0 Å². The summed E-state index contributed by atoms with van der Waals surface area (Å²) in [6.07, 6.45) is 7.47. The van der Waals surface area contributed by atoms with E-state index in [1.54, 1.807) is 0 Å². The Hall–Kier alpha value is -1.14. The Morgan fingerprint density at radius 3 is 1.65 bits per heavy atom. The van der Waals surface area contributed by atoms with Gasteiger partial charge in [-0.05, 0) is 37.8 Å². The van der Waals surface area contributed by atoms with Gasteiger partial charge < -0.3 is 21.0 Å². The maximum Gasteiger partial charge on any atom is 0.414 e. The van der Waals surface area contributed by atoms with Gasteiger partial charge in [0.1, 0.15) is 0 Å². The normalized spacial score (nSPS) is 26.6. The van der Waals surface area contributed by atoms with E-state index in [0.29, 0.717) is 0 Å². The summed E-state index contributed by atoms with van der Waals surface area (Å²) in [7, 11) is 0. The molecule has 0 aromatic rings. The van der Waals surface area contributed by atoms with Crippen molar-refractivity contribution < 1.29 is 25.3 Å². The Kier molecular flexibility index (Phi) is 7.49. The Bertz CT molecular complexity index is 232. The summed E-state index contributed by atoms with van der Waals surface area (Å²) in [5.74, 6) is -1.56. The molecule has 1 saturated carbocycles. The van der Waals surface area contributed by atoms with E-state index in [1.165, 1.54) is 45.2 Å². The molecular formula is C11H21NO5. The van der Waals surface area contributed by atoms with Crippen LogP contribution in [0.15, 0.2) is 0 Å². The predicted molar refractivity (Wildman–Crippen MR) is 61.8 cm³/mol. The van der Waals surface area contributed by atoms with E-state index in [4.69, 9.17) is 19.8 Å². The molecule has 0 bridgehead atoms. The maximum atomic E-state index is 9.10. The highest BCUT2D eigenvalue weighted by Gasteiger charge is 2.27. The fourth-order valence-electron chi connectivity index (χ4n) is 2.45. The molecule has 2 rings (SSSR count). The molecule has 1 aliphatic heterocycles. The summed E-state index contributed by atoms with van der Waals surface area (Å²) in [6.45, 7) is 2.62. The summed E-state index contributed by atoms with van der Waals surface area (Å²) in [4.78, 5) is 18.2. The summed E-state index contributed by atoms with van der Waals surface area (Å²) in [5.41, 5.74) is 0. The topological polar surface area (TPSA) is 118 Å². The second-order valence-corrected chi connectivity index (χ2v) is 4.43. The number of hydrogen-bond acceptors (Lipinski definition) is 3. The first-order chi connectivity index (χ1) is 7.61. The van der Waals surface area contributed by atoms with Crippen molar-refractivity contribution in [1.82, 2.24) is 5.32 Å². The minimum absolute atomic E-state index is 0. The van der Waals surface area contributed by atoms with Crippen LogP contribution in [0.1, 0.15) is 32.1 Å².